The molecule has 0 spiro atoms. The van der Waals surface area contributed by atoms with Gasteiger partial charge in [0.05, 0.1) is 17.1 Å². The molecule has 1 rings (SSSR count). The highest BCUT2D eigenvalue weighted by molar-refractivity contribution is 5.88. The fourth-order valence-corrected chi connectivity index (χ4v) is 1.43. The maximum Gasteiger partial charge on any atom is 0.340 e. The van der Waals surface area contributed by atoms with E-state index in [0.29, 0.717) is 5.56 Å². The van der Waals surface area contributed by atoms with Gasteiger partial charge in [-0.15, -0.1) is 0 Å². The molecule has 108 valence electrons. The third-order valence-electron chi connectivity index (χ3n) is 2.30. The number of rotatable bonds is 6. The molecule has 1 aromatic rings. The van der Waals surface area contributed by atoms with Crippen molar-refractivity contribution in [2.24, 2.45) is 5.11 Å². The van der Waals surface area contributed by atoms with E-state index in [1.54, 1.807) is 25.1 Å². The van der Waals surface area contributed by atoms with E-state index in [9.17, 15) is 14.9 Å². The van der Waals surface area contributed by atoms with Crippen LogP contribution in [0.1, 0.15) is 12.5 Å². The predicted octanol–water partition coefficient (Wildman–Crippen LogP) is 3.37. The van der Waals surface area contributed by atoms with Crippen molar-refractivity contribution in [3.05, 3.63) is 68.2 Å². The lowest BCUT2D eigenvalue weighted by atomic mass is 10.1. The van der Waals surface area contributed by atoms with E-state index < -0.39 is 10.9 Å². The van der Waals surface area contributed by atoms with Gasteiger partial charge in [0.15, 0.2) is 0 Å². The van der Waals surface area contributed by atoms with Crippen LogP contribution in [0.4, 0.5) is 5.69 Å². The second-order valence-corrected chi connectivity index (χ2v) is 3.64. The number of nitro groups is 1. The first-order valence-corrected chi connectivity index (χ1v) is 5.94. The normalized spacial score (nSPS) is 11.0. The molecule has 0 saturated heterocycles. The van der Waals surface area contributed by atoms with Crippen LogP contribution in [0, 0.1) is 10.1 Å². The monoisotopic (exact) mass is 288 g/mol. The summed E-state index contributed by atoms with van der Waals surface area (Å²) in [5.74, 6) is -0.762. The molecule has 0 heterocycles. The zero-order valence-corrected chi connectivity index (χ0v) is 11.2. The van der Waals surface area contributed by atoms with Gasteiger partial charge in [-0.05, 0) is 30.7 Å². The summed E-state index contributed by atoms with van der Waals surface area (Å²) >= 11 is 0. The number of ether oxygens (including phenoxy) is 1. The van der Waals surface area contributed by atoms with Crippen LogP contribution in [0.15, 0.2) is 47.2 Å². The minimum Gasteiger partial charge on any atom is -0.462 e. The topological polar surface area (TPSA) is 118 Å². The average Bonchev–Trinajstić information content (AvgIpc) is 2.47. The first-order chi connectivity index (χ1) is 10.1. The van der Waals surface area contributed by atoms with Crippen LogP contribution in [0.5, 0.6) is 0 Å². The van der Waals surface area contributed by atoms with Crippen molar-refractivity contribution >= 4 is 17.7 Å². The lowest BCUT2D eigenvalue weighted by Crippen LogP contribution is -2.05. The molecule has 0 amide bonds. The van der Waals surface area contributed by atoms with Crippen molar-refractivity contribution in [1.29, 1.82) is 0 Å². The summed E-state index contributed by atoms with van der Waals surface area (Å²) in [4.78, 5) is 24.3. The van der Waals surface area contributed by atoms with Gasteiger partial charge in [-0.1, -0.05) is 23.3 Å². The van der Waals surface area contributed by atoms with Crippen molar-refractivity contribution in [1.82, 2.24) is 0 Å². The number of esters is 1. The number of nitro benzene ring substituents is 1. The second kappa shape index (κ2) is 8.13. The molecule has 0 aliphatic rings. The molecular formula is C13H12N4O4. The van der Waals surface area contributed by atoms with Crippen LogP contribution >= 0.6 is 0 Å². The third kappa shape index (κ3) is 4.81. The first kappa shape index (κ1) is 15.9. The highest BCUT2D eigenvalue weighted by atomic mass is 16.6. The molecule has 0 fully saturated rings. The van der Waals surface area contributed by atoms with Gasteiger partial charge < -0.3 is 4.74 Å². The second-order valence-electron chi connectivity index (χ2n) is 3.64. The number of allylic oxidation sites excluding steroid dienone is 2. The molecule has 8 heteroatoms. The number of nitrogens with zero attached hydrogens (tertiary/aromatic N) is 4. The molecule has 0 unspecified atom stereocenters. The Balaban J connectivity index is 3.03. The maximum atomic E-state index is 11.5. The number of hydrogen-bond acceptors (Lipinski definition) is 5. The van der Waals surface area contributed by atoms with Gasteiger partial charge in [0.2, 0.25) is 0 Å². The average molecular weight is 288 g/mol. The minimum atomic E-state index is -0.762. The molecule has 0 radical (unpaired) electrons. The fraction of sp³-hybridized carbons (Fsp3) is 0.154. The summed E-state index contributed by atoms with van der Waals surface area (Å²) in [5, 5.41) is 14.0. The quantitative estimate of drug-likeness (QED) is 0.116. The number of carbonyl (C=O) groups is 1. The Morgan fingerprint density at radius 1 is 1.52 bits per heavy atom. The third-order valence-corrected chi connectivity index (χ3v) is 2.30. The molecule has 0 aliphatic carbocycles. The van der Waals surface area contributed by atoms with E-state index in [1.807, 2.05) is 0 Å². The SMILES string of the molecule is CCOC(=O)/C(=C/C=C/c1ccccc1[N+](=O)[O-])N=[N+]=[N-]. The standard InChI is InChI=1S/C13H12N4O4/c1-2-21-13(18)11(15-16-14)8-5-7-10-6-3-4-9-12(10)17(19)20/h3-9H,2H2,1H3/b7-5+,11-8-. The number of azide groups is 1. The Bertz CT molecular complexity index is 645. The summed E-state index contributed by atoms with van der Waals surface area (Å²) < 4.78 is 4.71. The highest BCUT2D eigenvalue weighted by Gasteiger charge is 2.09. The predicted molar refractivity (Wildman–Crippen MR) is 76.0 cm³/mol. The molecular weight excluding hydrogens is 276 g/mol. The van der Waals surface area contributed by atoms with Gasteiger partial charge in [0, 0.05) is 11.0 Å². The van der Waals surface area contributed by atoms with Crippen LogP contribution in [0.25, 0.3) is 16.5 Å². The number of para-hydroxylation sites is 1. The van der Waals surface area contributed by atoms with Crippen molar-refractivity contribution in [3.8, 4) is 0 Å². The number of benzene rings is 1. The van der Waals surface area contributed by atoms with E-state index in [1.165, 1.54) is 24.3 Å². The summed E-state index contributed by atoms with van der Waals surface area (Å²) in [6.07, 6.45) is 4.04. The van der Waals surface area contributed by atoms with Crippen molar-refractivity contribution in [3.63, 3.8) is 0 Å². The molecule has 8 nitrogen and oxygen atoms in total. The van der Waals surface area contributed by atoms with Gasteiger partial charge >= 0.3 is 5.97 Å². The lowest BCUT2D eigenvalue weighted by molar-refractivity contribution is -0.385. The Kier molecular flexibility index (Phi) is 6.17. The van der Waals surface area contributed by atoms with Gasteiger partial charge in [0.25, 0.3) is 5.69 Å². The van der Waals surface area contributed by atoms with Gasteiger partial charge in [-0.2, -0.15) is 0 Å². The molecule has 0 aliphatic heterocycles. The van der Waals surface area contributed by atoms with E-state index in [0.717, 1.165) is 0 Å². The zero-order valence-electron chi connectivity index (χ0n) is 11.2. The molecule has 0 aromatic heterocycles. The van der Waals surface area contributed by atoms with Crippen molar-refractivity contribution in [2.75, 3.05) is 6.61 Å². The summed E-state index contributed by atoms with van der Waals surface area (Å²) in [6, 6.07) is 6.12. The smallest absolute Gasteiger partial charge is 0.340 e. The van der Waals surface area contributed by atoms with E-state index in [-0.39, 0.29) is 18.0 Å². The molecule has 1 aromatic carbocycles. The van der Waals surface area contributed by atoms with Crippen LogP contribution < -0.4 is 0 Å². The van der Waals surface area contributed by atoms with Crippen molar-refractivity contribution in [2.45, 2.75) is 6.92 Å². The van der Waals surface area contributed by atoms with E-state index >= 15 is 0 Å². The van der Waals surface area contributed by atoms with Crippen LogP contribution in [-0.4, -0.2) is 17.5 Å². The molecule has 0 atom stereocenters. The van der Waals surface area contributed by atoms with Crippen LogP contribution in [0.3, 0.4) is 0 Å². The Hall–Kier alpha value is -3.12. The molecule has 21 heavy (non-hydrogen) atoms. The Labute approximate surface area is 120 Å². The Morgan fingerprint density at radius 2 is 2.24 bits per heavy atom. The fourth-order valence-electron chi connectivity index (χ4n) is 1.43. The number of hydrogen-bond donors (Lipinski definition) is 0. The summed E-state index contributed by atoms with van der Waals surface area (Å²) in [5.41, 5.74) is 8.45. The van der Waals surface area contributed by atoms with Gasteiger partial charge in [-0.3, -0.25) is 10.1 Å². The minimum absolute atomic E-state index is 0.0661. The Morgan fingerprint density at radius 3 is 2.86 bits per heavy atom. The van der Waals surface area contributed by atoms with Crippen molar-refractivity contribution < 1.29 is 14.5 Å². The maximum absolute atomic E-state index is 11.5. The first-order valence-electron chi connectivity index (χ1n) is 5.94. The van der Waals surface area contributed by atoms with Crippen LogP contribution in [0.2, 0.25) is 0 Å². The van der Waals surface area contributed by atoms with Gasteiger partial charge in [-0.25, -0.2) is 4.79 Å². The largest absolute Gasteiger partial charge is 0.462 e. The van der Waals surface area contributed by atoms with Crippen LogP contribution in [-0.2, 0) is 9.53 Å². The zero-order chi connectivity index (χ0) is 15.7. The van der Waals surface area contributed by atoms with E-state index in [2.05, 4.69) is 10.0 Å². The summed E-state index contributed by atoms with van der Waals surface area (Å²) in [7, 11) is 0. The summed E-state index contributed by atoms with van der Waals surface area (Å²) in [6.45, 7) is 1.76. The molecule has 0 saturated carbocycles. The molecule has 0 bridgehead atoms. The lowest BCUT2D eigenvalue weighted by Gasteiger charge is -1.99. The van der Waals surface area contributed by atoms with E-state index in [4.69, 9.17) is 10.3 Å². The number of carbonyl (C=O) groups excluding carboxylic acids is 1. The highest BCUT2D eigenvalue weighted by Crippen LogP contribution is 2.19. The van der Waals surface area contributed by atoms with Gasteiger partial charge in [0.1, 0.15) is 5.70 Å². The molecule has 0 N–H and O–H groups in total.